The van der Waals surface area contributed by atoms with E-state index in [1.54, 1.807) is 0 Å². The molecule has 2 atom stereocenters. The summed E-state index contributed by atoms with van der Waals surface area (Å²) in [6.45, 7) is 8.77. The van der Waals surface area contributed by atoms with Crippen LogP contribution in [-0.2, 0) is 6.54 Å². The molecule has 2 unspecified atom stereocenters. The molecule has 5 nitrogen and oxygen atoms in total. The topological polar surface area (TPSA) is 57.5 Å². The number of carbonyl (C=O) groups is 1. The lowest BCUT2D eigenvalue weighted by molar-refractivity contribution is 0.153. The fourth-order valence-corrected chi connectivity index (χ4v) is 4.87. The number of halogens is 2. The van der Waals surface area contributed by atoms with Crippen LogP contribution in [0.2, 0.25) is 0 Å². The number of likely N-dealkylation sites (tertiary alicyclic amines) is 1. The van der Waals surface area contributed by atoms with Gasteiger partial charge in [0.2, 0.25) is 0 Å². The Bertz CT molecular complexity index is 1170. The summed E-state index contributed by atoms with van der Waals surface area (Å²) in [4.78, 5) is 12.8. The van der Waals surface area contributed by atoms with Gasteiger partial charge in [0.05, 0.1) is 6.04 Å². The van der Waals surface area contributed by atoms with Crippen LogP contribution >= 0.6 is 0 Å². The highest BCUT2D eigenvalue weighted by Gasteiger charge is 2.32. The molecule has 7 heteroatoms. The van der Waals surface area contributed by atoms with E-state index in [9.17, 15) is 18.7 Å². The van der Waals surface area contributed by atoms with E-state index in [1.165, 1.54) is 11.0 Å². The molecule has 35 heavy (non-hydrogen) atoms. The van der Waals surface area contributed by atoms with Crippen LogP contribution in [0.1, 0.15) is 44.5 Å². The number of hydrogen-bond acceptors (Lipinski definition) is 2. The molecule has 0 saturated carbocycles. The summed E-state index contributed by atoms with van der Waals surface area (Å²) in [5.74, 6) is -0.711. The molecule has 1 aliphatic heterocycles. The van der Waals surface area contributed by atoms with E-state index in [4.69, 9.17) is 0 Å². The van der Waals surface area contributed by atoms with Crippen molar-refractivity contribution >= 4 is 6.09 Å². The van der Waals surface area contributed by atoms with Gasteiger partial charge in [-0.2, -0.15) is 0 Å². The Morgan fingerprint density at radius 2 is 1.89 bits per heavy atom. The molecule has 1 aromatic heterocycles. The van der Waals surface area contributed by atoms with Crippen LogP contribution in [0, 0.1) is 23.0 Å². The van der Waals surface area contributed by atoms with Crippen LogP contribution in [0.4, 0.5) is 13.6 Å². The number of amides is 1. The van der Waals surface area contributed by atoms with Crippen molar-refractivity contribution in [3.05, 3.63) is 83.7 Å². The Morgan fingerprint density at radius 1 is 1.14 bits per heavy atom. The molecule has 4 rings (SSSR count). The highest BCUT2D eigenvalue weighted by Crippen LogP contribution is 2.37. The summed E-state index contributed by atoms with van der Waals surface area (Å²) in [5, 5.41) is 13.0. The Balaban J connectivity index is 1.68. The minimum absolute atomic E-state index is 0.0875. The summed E-state index contributed by atoms with van der Waals surface area (Å²) in [5.41, 5.74) is 2.76. The Hall–Kier alpha value is -3.19. The molecule has 3 aromatic rings. The van der Waals surface area contributed by atoms with Gasteiger partial charge in [0.25, 0.3) is 0 Å². The summed E-state index contributed by atoms with van der Waals surface area (Å²) in [7, 11) is 0. The molecule has 2 N–H and O–H groups in total. The number of nitrogens with one attached hydrogen (secondary N) is 1. The van der Waals surface area contributed by atoms with Crippen LogP contribution in [-0.4, -0.2) is 40.3 Å². The molecular formula is C28H33F2N3O2. The van der Waals surface area contributed by atoms with Gasteiger partial charge in [-0.05, 0) is 47.6 Å². The van der Waals surface area contributed by atoms with Gasteiger partial charge in [0.1, 0.15) is 11.6 Å². The van der Waals surface area contributed by atoms with Crippen molar-refractivity contribution < 1.29 is 18.7 Å². The zero-order valence-electron chi connectivity index (χ0n) is 20.5. The molecule has 0 radical (unpaired) electrons. The highest BCUT2D eigenvalue weighted by molar-refractivity contribution is 5.65. The largest absolute Gasteiger partial charge is 0.465 e. The third kappa shape index (κ3) is 5.90. The second kappa shape index (κ2) is 10.2. The van der Waals surface area contributed by atoms with Crippen molar-refractivity contribution in [3.63, 3.8) is 0 Å². The lowest BCUT2D eigenvalue weighted by atomic mass is 9.84. The third-order valence-corrected chi connectivity index (χ3v) is 6.69. The first-order valence-electron chi connectivity index (χ1n) is 12.0. The molecule has 2 aromatic carbocycles. The Kier molecular flexibility index (Phi) is 7.26. The maximum Gasteiger partial charge on any atom is 0.407 e. The van der Waals surface area contributed by atoms with E-state index >= 15 is 0 Å². The first-order valence-corrected chi connectivity index (χ1v) is 12.0. The fraction of sp³-hybridized carbons (Fsp3) is 0.393. The molecule has 1 aliphatic rings. The highest BCUT2D eigenvalue weighted by atomic mass is 19.1. The SMILES string of the molecule is CC(C)(C)C(NCC1CCN(C(=O)O)C1)c1cc(-c2cc(F)ccc2F)cn1Cc1ccccc1. The maximum absolute atomic E-state index is 14.7. The predicted octanol–water partition coefficient (Wildman–Crippen LogP) is 6.16. The molecule has 1 saturated heterocycles. The van der Waals surface area contributed by atoms with Crippen molar-refractivity contribution in [2.24, 2.45) is 11.3 Å². The van der Waals surface area contributed by atoms with Gasteiger partial charge in [-0.3, -0.25) is 0 Å². The number of nitrogens with zero attached hydrogens (tertiary/aromatic N) is 2. The molecule has 2 heterocycles. The molecular weight excluding hydrogens is 448 g/mol. The van der Waals surface area contributed by atoms with E-state index < -0.39 is 17.7 Å². The van der Waals surface area contributed by atoms with Crippen molar-refractivity contribution in [3.8, 4) is 11.1 Å². The van der Waals surface area contributed by atoms with E-state index in [1.807, 2.05) is 42.6 Å². The number of aromatic nitrogens is 1. The number of hydrogen-bond donors (Lipinski definition) is 2. The van der Waals surface area contributed by atoms with Crippen molar-refractivity contribution in [1.82, 2.24) is 14.8 Å². The van der Waals surface area contributed by atoms with E-state index in [-0.39, 0.29) is 22.9 Å². The Labute approximate surface area is 205 Å². The van der Waals surface area contributed by atoms with Crippen LogP contribution in [0.3, 0.4) is 0 Å². The quantitative estimate of drug-likeness (QED) is 0.425. The maximum atomic E-state index is 14.7. The van der Waals surface area contributed by atoms with Crippen LogP contribution in [0.15, 0.2) is 60.8 Å². The Morgan fingerprint density at radius 3 is 2.54 bits per heavy atom. The standard InChI is InChI=1S/C28H33F2N3O2/c1-28(2,3)26(31-15-20-11-12-32(17-20)27(34)35)25-13-21(23-14-22(29)9-10-24(23)30)18-33(25)16-19-7-5-4-6-8-19/h4-10,13-14,18,20,26,31H,11-12,15-17H2,1-3H3,(H,34,35). The lowest BCUT2D eigenvalue weighted by Gasteiger charge is -2.33. The number of carboxylic acid groups (broad SMARTS) is 1. The van der Waals surface area contributed by atoms with Crippen LogP contribution in [0.5, 0.6) is 0 Å². The van der Waals surface area contributed by atoms with Crippen LogP contribution < -0.4 is 5.32 Å². The molecule has 0 bridgehead atoms. The minimum Gasteiger partial charge on any atom is -0.465 e. The van der Waals surface area contributed by atoms with Gasteiger partial charge in [-0.1, -0.05) is 51.1 Å². The van der Waals surface area contributed by atoms with E-state index in [0.29, 0.717) is 31.7 Å². The lowest BCUT2D eigenvalue weighted by Crippen LogP contribution is -2.37. The van der Waals surface area contributed by atoms with Crippen molar-refractivity contribution in [2.75, 3.05) is 19.6 Å². The van der Waals surface area contributed by atoms with Crippen molar-refractivity contribution in [2.45, 2.75) is 39.8 Å². The smallest absolute Gasteiger partial charge is 0.407 e. The average Bonchev–Trinajstić information content (AvgIpc) is 3.43. The van der Waals surface area contributed by atoms with Gasteiger partial charge in [-0.15, -0.1) is 0 Å². The van der Waals surface area contributed by atoms with Gasteiger partial charge in [0, 0.05) is 49.2 Å². The van der Waals surface area contributed by atoms with Crippen molar-refractivity contribution in [1.29, 1.82) is 0 Å². The second-order valence-electron chi connectivity index (χ2n) is 10.5. The van der Waals surface area contributed by atoms with Gasteiger partial charge < -0.3 is 19.9 Å². The first-order chi connectivity index (χ1) is 16.6. The fourth-order valence-electron chi connectivity index (χ4n) is 4.87. The predicted molar refractivity (Wildman–Crippen MR) is 133 cm³/mol. The normalized spacial score (nSPS) is 17.1. The third-order valence-electron chi connectivity index (χ3n) is 6.69. The summed E-state index contributed by atoms with van der Waals surface area (Å²) in [6.07, 6.45) is 1.84. The second-order valence-corrected chi connectivity index (χ2v) is 10.5. The summed E-state index contributed by atoms with van der Waals surface area (Å²) in [6, 6.07) is 15.4. The number of rotatable bonds is 7. The van der Waals surface area contributed by atoms with Gasteiger partial charge in [0.15, 0.2) is 0 Å². The number of benzene rings is 2. The first kappa shape index (κ1) is 24.9. The zero-order valence-corrected chi connectivity index (χ0v) is 20.5. The molecule has 0 spiro atoms. The van der Waals surface area contributed by atoms with Gasteiger partial charge in [-0.25, -0.2) is 13.6 Å². The van der Waals surface area contributed by atoms with Crippen LogP contribution in [0.25, 0.3) is 11.1 Å². The molecule has 1 fully saturated rings. The van der Waals surface area contributed by atoms with E-state index in [2.05, 4.69) is 30.7 Å². The molecule has 186 valence electrons. The average molecular weight is 482 g/mol. The summed E-state index contributed by atoms with van der Waals surface area (Å²) >= 11 is 0. The molecule has 1 amide bonds. The summed E-state index contributed by atoms with van der Waals surface area (Å²) < 4.78 is 30.8. The monoisotopic (exact) mass is 481 g/mol. The van der Waals surface area contributed by atoms with Gasteiger partial charge >= 0.3 is 6.09 Å². The van der Waals surface area contributed by atoms with E-state index in [0.717, 1.165) is 29.8 Å². The molecule has 0 aliphatic carbocycles. The zero-order chi connectivity index (χ0) is 25.2. The minimum atomic E-state index is -0.877.